The van der Waals surface area contributed by atoms with Gasteiger partial charge in [-0.1, -0.05) is 72.4 Å². The number of para-hydroxylation sites is 1. The molecule has 1 saturated carbocycles. The van der Waals surface area contributed by atoms with E-state index in [0.717, 1.165) is 25.7 Å². The zero-order valence-electron chi connectivity index (χ0n) is 16.7. The van der Waals surface area contributed by atoms with Gasteiger partial charge < -0.3 is 5.32 Å². The number of halogens is 3. The number of thioether (sulfide) groups is 1. The maximum Gasteiger partial charge on any atom is 0.234 e. The minimum absolute atomic E-state index is 0.101. The number of anilines is 1. The van der Waals surface area contributed by atoms with E-state index >= 15 is 0 Å². The highest BCUT2D eigenvalue weighted by molar-refractivity contribution is 7.99. The first-order chi connectivity index (χ1) is 15.0. The largest absolute Gasteiger partial charge is 0.323 e. The highest BCUT2D eigenvalue weighted by atomic mass is 35.5. The summed E-state index contributed by atoms with van der Waals surface area (Å²) in [5.74, 6) is 0.00578. The van der Waals surface area contributed by atoms with Crippen molar-refractivity contribution in [3.8, 4) is 11.4 Å². The first-order valence-corrected chi connectivity index (χ1v) is 11.8. The lowest BCUT2D eigenvalue weighted by atomic mass is 9.95. The van der Waals surface area contributed by atoms with Crippen LogP contribution in [0.5, 0.6) is 0 Å². The van der Waals surface area contributed by atoms with E-state index in [4.69, 9.17) is 23.2 Å². The van der Waals surface area contributed by atoms with Crippen LogP contribution in [0.3, 0.4) is 0 Å². The lowest BCUT2D eigenvalue weighted by Crippen LogP contribution is -2.18. The van der Waals surface area contributed by atoms with Crippen LogP contribution in [0.1, 0.15) is 38.1 Å². The summed E-state index contributed by atoms with van der Waals surface area (Å²) >= 11 is 13.5. The molecule has 0 unspecified atom stereocenters. The number of hydrogen-bond donors (Lipinski definition) is 1. The molecule has 1 N–H and O–H groups in total. The van der Waals surface area contributed by atoms with E-state index in [1.807, 2.05) is 4.57 Å². The Morgan fingerprint density at radius 1 is 1.06 bits per heavy atom. The molecule has 4 rings (SSSR count). The molecule has 1 aliphatic carbocycles. The molecule has 0 spiro atoms. The monoisotopic (exact) mass is 478 g/mol. The standard InChI is InChI=1S/C22H21Cl2FN4OS/c23-16-10-6-11-17(24)20(16)26-19(30)13-31-22-28-27-21(15-9-4-5-12-18(15)25)29(22)14-7-2-1-3-8-14/h4-6,9-12,14H,1-3,7-8,13H2,(H,26,30). The van der Waals surface area contributed by atoms with Crippen LogP contribution in [-0.2, 0) is 4.79 Å². The molecule has 0 aliphatic heterocycles. The van der Waals surface area contributed by atoms with Crippen molar-refractivity contribution >= 4 is 46.6 Å². The highest BCUT2D eigenvalue weighted by Crippen LogP contribution is 2.36. The molecular weight excluding hydrogens is 458 g/mol. The molecule has 31 heavy (non-hydrogen) atoms. The molecule has 1 heterocycles. The summed E-state index contributed by atoms with van der Waals surface area (Å²) in [7, 11) is 0. The van der Waals surface area contributed by atoms with E-state index in [0.29, 0.717) is 32.3 Å². The Morgan fingerprint density at radius 3 is 2.48 bits per heavy atom. The van der Waals surface area contributed by atoms with Gasteiger partial charge in [0.2, 0.25) is 5.91 Å². The summed E-state index contributed by atoms with van der Waals surface area (Å²) in [5, 5.41) is 12.7. The first kappa shape index (κ1) is 22.1. The maximum absolute atomic E-state index is 14.5. The smallest absolute Gasteiger partial charge is 0.234 e. The topological polar surface area (TPSA) is 59.8 Å². The molecule has 1 aromatic heterocycles. The summed E-state index contributed by atoms with van der Waals surface area (Å²) in [6.45, 7) is 0. The molecular formula is C22H21Cl2FN4OS. The molecule has 162 valence electrons. The number of hydrogen-bond acceptors (Lipinski definition) is 4. The molecule has 3 aromatic rings. The normalized spacial score (nSPS) is 14.5. The van der Waals surface area contributed by atoms with Crippen molar-refractivity contribution in [1.82, 2.24) is 14.8 Å². The van der Waals surface area contributed by atoms with E-state index in [1.54, 1.807) is 36.4 Å². The van der Waals surface area contributed by atoms with Crippen molar-refractivity contribution in [1.29, 1.82) is 0 Å². The zero-order chi connectivity index (χ0) is 21.8. The third kappa shape index (κ3) is 5.05. The number of rotatable bonds is 6. The van der Waals surface area contributed by atoms with Crippen LogP contribution < -0.4 is 5.32 Å². The van der Waals surface area contributed by atoms with Crippen molar-refractivity contribution in [2.24, 2.45) is 0 Å². The van der Waals surface area contributed by atoms with E-state index < -0.39 is 0 Å². The average Bonchev–Trinajstić information content (AvgIpc) is 3.19. The Morgan fingerprint density at radius 2 is 1.77 bits per heavy atom. The molecule has 1 fully saturated rings. The summed E-state index contributed by atoms with van der Waals surface area (Å²) < 4.78 is 16.5. The van der Waals surface area contributed by atoms with Gasteiger partial charge >= 0.3 is 0 Å². The van der Waals surface area contributed by atoms with Gasteiger partial charge in [0, 0.05) is 6.04 Å². The Kier molecular flexibility index (Phi) is 7.15. The van der Waals surface area contributed by atoms with Gasteiger partial charge in [-0.05, 0) is 37.1 Å². The van der Waals surface area contributed by atoms with Crippen LogP contribution in [0.2, 0.25) is 10.0 Å². The van der Waals surface area contributed by atoms with Gasteiger partial charge in [-0.2, -0.15) is 0 Å². The second-order valence-corrected chi connectivity index (χ2v) is 9.14. The summed E-state index contributed by atoms with van der Waals surface area (Å²) in [6.07, 6.45) is 5.37. The van der Waals surface area contributed by atoms with Crippen LogP contribution in [0.4, 0.5) is 10.1 Å². The van der Waals surface area contributed by atoms with E-state index in [9.17, 15) is 9.18 Å². The van der Waals surface area contributed by atoms with E-state index in [2.05, 4.69) is 15.5 Å². The lowest BCUT2D eigenvalue weighted by molar-refractivity contribution is -0.113. The predicted molar refractivity (Wildman–Crippen MR) is 123 cm³/mol. The minimum Gasteiger partial charge on any atom is -0.323 e. The van der Waals surface area contributed by atoms with Crippen molar-refractivity contribution in [2.75, 3.05) is 11.1 Å². The third-order valence-corrected chi connectivity index (χ3v) is 6.85. The number of amides is 1. The third-order valence-electron chi connectivity index (χ3n) is 5.28. The fourth-order valence-corrected chi connectivity index (χ4v) is 5.09. The fourth-order valence-electron chi connectivity index (χ4n) is 3.79. The molecule has 1 aliphatic rings. The molecule has 9 heteroatoms. The molecule has 0 atom stereocenters. The summed E-state index contributed by atoms with van der Waals surface area (Å²) in [4.78, 5) is 12.5. The predicted octanol–water partition coefficient (Wildman–Crippen LogP) is 6.63. The van der Waals surface area contributed by atoms with Crippen LogP contribution >= 0.6 is 35.0 Å². The van der Waals surface area contributed by atoms with Gasteiger partial charge in [0.25, 0.3) is 0 Å². The average molecular weight is 479 g/mol. The maximum atomic E-state index is 14.5. The second-order valence-electron chi connectivity index (χ2n) is 7.38. The molecule has 0 saturated heterocycles. The molecule has 5 nitrogen and oxygen atoms in total. The van der Waals surface area contributed by atoms with Gasteiger partial charge in [-0.3, -0.25) is 9.36 Å². The van der Waals surface area contributed by atoms with E-state index in [1.165, 1.54) is 24.2 Å². The number of nitrogens with zero attached hydrogens (tertiary/aromatic N) is 3. The fraction of sp³-hybridized carbons (Fsp3) is 0.318. The van der Waals surface area contributed by atoms with Gasteiger partial charge in [-0.25, -0.2) is 4.39 Å². The molecule has 0 bridgehead atoms. The highest BCUT2D eigenvalue weighted by Gasteiger charge is 2.25. The van der Waals surface area contributed by atoms with Gasteiger partial charge in [-0.15, -0.1) is 10.2 Å². The van der Waals surface area contributed by atoms with Crippen LogP contribution in [0.15, 0.2) is 47.6 Å². The van der Waals surface area contributed by atoms with Crippen molar-refractivity contribution in [3.63, 3.8) is 0 Å². The minimum atomic E-state index is -0.338. The number of benzene rings is 2. The SMILES string of the molecule is O=C(CSc1nnc(-c2ccccc2F)n1C1CCCCC1)Nc1c(Cl)cccc1Cl. The van der Waals surface area contributed by atoms with Gasteiger partial charge in [0.15, 0.2) is 11.0 Å². The second kappa shape index (κ2) is 10.0. The summed E-state index contributed by atoms with van der Waals surface area (Å²) in [5.41, 5.74) is 0.803. The van der Waals surface area contributed by atoms with Crippen molar-refractivity contribution in [2.45, 2.75) is 43.3 Å². The first-order valence-electron chi connectivity index (χ1n) is 10.1. The molecule has 0 radical (unpaired) electrons. The molecule has 2 aromatic carbocycles. The van der Waals surface area contributed by atoms with Crippen LogP contribution in [0, 0.1) is 5.82 Å². The zero-order valence-corrected chi connectivity index (χ0v) is 19.0. The van der Waals surface area contributed by atoms with Crippen LogP contribution in [0.25, 0.3) is 11.4 Å². The van der Waals surface area contributed by atoms with Crippen LogP contribution in [-0.4, -0.2) is 26.4 Å². The number of nitrogens with one attached hydrogen (secondary N) is 1. The quantitative estimate of drug-likeness (QED) is 0.404. The Bertz CT molecular complexity index is 1060. The number of aromatic nitrogens is 3. The van der Waals surface area contributed by atoms with Crippen molar-refractivity contribution in [3.05, 3.63) is 58.3 Å². The Labute approximate surface area is 194 Å². The summed E-state index contributed by atoms with van der Waals surface area (Å²) in [6, 6.07) is 11.8. The molecule has 1 amide bonds. The van der Waals surface area contributed by atoms with Crippen molar-refractivity contribution < 1.29 is 9.18 Å². The number of carbonyl (C=O) groups is 1. The Hall–Kier alpha value is -2.09. The van der Waals surface area contributed by atoms with E-state index in [-0.39, 0.29) is 23.5 Å². The van der Waals surface area contributed by atoms with Gasteiger partial charge in [0.05, 0.1) is 27.0 Å². The lowest BCUT2D eigenvalue weighted by Gasteiger charge is -2.25. The van der Waals surface area contributed by atoms with Gasteiger partial charge in [0.1, 0.15) is 5.82 Å². The Balaban J connectivity index is 1.56. The number of carbonyl (C=O) groups excluding carboxylic acids is 1.